The van der Waals surface area contributed by atoms with Crippen LogP contribution in [0.15, 0.2) is 4.99 Å². The van der Waals surface area contributed by atoms with Crippen molar-refractivity contribution in [2.45, 2.75) is 0 Å². The van der Waals surface area contributed by atoms with Gasteiger partial charge in [0.2, 0.25) is 0 Å². The largest absolute Gasteiger partial charge is 0.344 e. The fourth-order valence-corrected chi connectivity index (χ4v) is 0.463. The van der Waals surface area contributed by atoms with Gasteiger partial charge in [-0.3, -0.25) is 0 Å². The number of thioether (sulfide) groups is 1. The number of rotatable bonds is 0. The lowest BCUT2D eigenvalue weighted by Crippen LogP contribution is -2.17. The molecule has 5 heteroatoms. The van der Waals surface area contributed by atoms with E-state index in [-0.39, 0.29) is 10.5 Å². The Morgan fingerprint density at radius 2 is 2.10 bits per heavy atom. The first-order valence-corrected chi connectivity index (χ1v) is 4.17. The molecule has 0 aliphatic heterocycles. The average Bonchev–Trinajstić information content (AvgIpc) is 1.87. The summed E-state index contributed by atoms with van der Waals surface area (Å²) in [4.78, 5) is 15.6. The van der Waals surface area contributed by atoms with Crippen molar-refractivity contribution in [1.29, 1.82) is 0 Å². The summed E-state index contributed by atoms with van der Waals surface area (Å²) in [7, 11) is 3.24. The highest BCUT2D eigenvalue weighted by Gasteiger charge is 2.00. The van der Waals surface area contributed by atoms with E-state index >= 15 is 0 Å². The molecule has 0 atom stereocenters. The van der Waals surface area contributed by atoms with Crippen LogP contribution >= 0.6 is 23.4 Å². The Hall–Kier alpha value is -0.220. The van der Waals surface area contributed by atoms with Crippen molar-refractivity contribution in [2.75, 3.05) is 20.4 Å². The molecule has 0 aliphatic rings. The molecule has 0 saturated heterocycles. The van der Waals surface area contributed by atoms with Crippen LogP contribution < -0.4 is 0 Å². The van der Waals surface area contributed by atoms with Crippen LogP contribution in [0.3, 0.4) is 0 Å². The Labute approximate surface area is 69.4 Å². The summed E-state index contributed by atoms with van der Waals surface area (Å²) in [6.45, 7) is 0. The monoisotopic (exact) mass is 180 g/mol. The molecule has 0 rings (SSSR count). The summed E-state index contributed by atoms with van der Waals surface area (Å²) in [5.74, 6) is 0. The molecular formula is C5H9ClN2OS. The van der Waals surface area contributed by atoms with Gasteiger partial charge in [0.25, 0.3) is 0 Å². The van der Waals surface area contributed by atoms with Gasteiger partial charge in [-0.05, 0) is 6.26 Å². The maximum Gasteiger partial charge on any atom is 0.344 e. The molecule has 0 radical (unpaired) electrons. The zero-order chi connectivity index (χ0) is 8.15. The Morgan fingerprint density at radius 3 is 2.40 bits per heavy atom. The first-order chi connectivity index (χ1) is 4.57. The molecule has 0 fully saturated rings. The number of nitrogens with zero attached hydrogens (tertiary/aromatic N) is 2. The Morgan fingerprint density at radius 1 is 1.60 bits per heavy atom. The summed E-state index contributed by atoms with van der Waals surface area (Å²) in [6, 6.07) is -0.334. The molecule has 0 heterocycles. The van der Waals surface area contributed by atoms with E-state index in [0.29, 0.717) is 0 Å². The van der Waals surface area contributed by atoms with Gasteiger partial charge in [-0.2, -0.15) is 4.99 Å². The second-order valence-electron chi connectivity index (χ2n) is 1.75. The third-order valence-corrected chi connectivity index (χ3v) is 1.71. The number of hydrogen-bond acceptors (Lipinski definition) is 2. The fraction of sp³-hybridized carbons (Fsp3) is 0.600. The molecule has 0 aromatic carbocycles. The van der Waals surface area contributed by atoms with Crippen molar-refractivity contribution in [3.8, 4) is 0 Å². The van der Waals surface area contributed by atoms with Gasteiger partial charge in [-0.15, -0.1) is 0 Å². The summed E-state index contributed by atoms with van der Waals surface area (Å²) >= 11 is 6.71. The smallest absolute Gasteiger partial charge is 0.329 e. The molecule has 2 amide bonds. The van der Waals surface area contributed by atoms with E-state index in [9.17, 15) is 4.79 Å². The SMILES string of the molecule is CSC(Cl)=NC(=O)N(C)C. The van der Waals surface area contributed by atoms with Gasteiger partial charge < -0.3 is 4.90 Å². The molecule has 0 aromatic rings. The van der Waals surface area contributed by atoms with Crippen molar-refractivity contribution in [2.24, 2.45) is 4.99 Å². The summed E-state index contributed by atoms with van der Waals surface area (Å²) in [6.07, 6.45) is 1.76. The highest BCUT2D eigenvalue weighted by Crippen LogP contribution is 2.03. The maximum atomic E-state index is 10.8. The lowest BCUT2D eigenvalue weighted by Gasteiger charge is -2.04. The molecule has 0 N–H and O–H groups in total. The normalized spacial score (nSPS) is 11.4. The Bertz CT molecular complexity index is 158. The number of carbonyl (C=O) groups excluding carboxylic acids is 1. The topological polar surface area (TPSA) is 32.7 Å². The number of aliphatic imine (C=N–C) groups is 1. The minimum atomic E-state index is -0.334. The Balaban J connectivity index is 4.00. The minimum absolute atomic E-state index is 0.263. The van der Waals surface area contributed by atoms with Crippen molar-refractivity contribution in [3.63, 3.8) is 0 Å². The van der Waals surface area contributed by atoms with Crippen LogP contribution in [0.5, 0.6) is 0 Å². The predicted octanol–water partition coefficient (Wildman–Crippen LogP) is 1.63. The molecule has 0 bridgehead atoms. The number of carbonyl (C=O) groups is 1. The average molecular weight is 181 g/mol. The van der Waals surface area contributed by atoms with Gasteiger partial charge in [0.15, 0.2) is 4.50 Å². The van der Waals surface area contributed by atoms with Gasteiger partial charge >= 0.3 is 6.03 Å². The first-order valence-electron chi connectivity index (χ1n) is 2.57. The van der Waals surface area contributed by atoms with Crippen LogP contribution in [0.2, 0.25) is 0 Å². The van der Waals surface area contributed by atoms with Crippen LogP contribution in [-0.4, -0.2) is 35.8 Å². The van der Waals surface area contributed by atoms with E-state index < -0.39 is 0 Å². The van der Waals surface area contributed by atoms with Crippen LogP contribution in [0.25, 0.3) is 0 Å². The number of urea groups is 1. The van der Waals surface area contributed by atoms with E-state index in [1.165, 1.54) is 16.7 Å². The summed E-state index contributed by atoms with van der Waals surface area (Å²) in [5.41, 5.74) is 0. The second kappa shape index (κ2) is 4.57. The molecule has 0 unspecified atom stereocenters. The molecule has 58 valence electrons. The van der Waals surface area contributed by atoms with Crippen LogP contribution in [0, 0.1) is 0 Å². The lowest BCUT2D eigenvalue weighted by molar-refractivity contribution is 0.227. The lowest BCUT2D eigenvalue weighted by atomic mass is 10.8. The standard InChI is InChI=1S/C5H9ClN2OS/c1-8(2)5(9)7-4(6)10-3/h1-3H3. The van der Waals surface area contributed by atoms with Gasteiger partial charge in [-0.1, -0.05) is 23.4 Å². The van der Waals surface area contributed by atoms with Crippen LogP contribution in [-0.2, 0) is 0 Å². The third kappa shape index (κ3) is 3.74. The predicted molar refractivity (Wildman–Crippen MR) is 45.9 cm³/mol. The number of hydrogen-bond donors (Lipinski definition) is 0. The molecule has 0 aromatic heterocycles. The molecule has 10 heavy (non-hydrogen) atoms. The number of amides is 2. The van der Waals surface area contributed by atoms with Crippen LogP contribution in [0.1, 0.15) is 0 Å². The van der Waals surface area contributed by atoms with Crippen molar-refractivity contribution >= 4 is 33.9 Å². The maximum absolute atomic E-state index is 10.8. The van der Waals surface area contributed by atoms with Gasteiger partial charge in [0, 0.05) is 14.1 Å². The molecule has 0 spiro atoms. The zero-order valence-corrected chi connectivity index (χ0v) is 7.66. The van der Waals surface area contributed by atoms with Crippen LogP contribution in [0.4, 0.5) is 4.79 Å². The van der Waals surface area contributed by atoms with E-state index in [4.69, 9.17) is 11.6 Å². The second-order valence-corrected chi connectivity index (χ2v) is 3.12. The molecule has 0 saturated carbocycles. The van der Waals surface area contributed by atoms with Crippen molar-refractivity contribution in [3.05, 3.63) is 0 Å². The van der Waals surface area contributed by atoms with E-state index in [0.717, 1.165) is 0 Å². The van der Waals surface area contributed by atoms with E-state index in [1.54, 1.807) is 20.4 Å². The van der Waals surface area contributed by atoms with E-state index in [1.807, 2.05) is 0 Å². The highest BCUT2D eigenvalue weighted by atomic mass is 35.5. The summed E-state index contributed by atoms with van der Waals surface area (Å²) < 4.78 is 0.263. The molecular weight excluding hydrogens is 172 g/mol. The van der Waals surface area contributed by atoms with Gasteiger partial charge in [-0.25, -0.2) is 4.79 Å². The van der Waals surface area contributed by atoms with Crippen molar-refractivity contribution in [1.82, 2.24) is 4.90 Å². The van der Waals surface area contributed by atoms with E-state index in [2.05, 4.69) is 4.99 Å². The highest BCUT2D eigenvalue weighted by molar-refractivity contribution is 8.16. The Kier molecular flexibility index (Phi) is 4.47. The first kappa shape index (κ1) is 9.78. The quantitative estimate of drug-likeness (QED) is 0.419. The minimum Gasteiger partial charge on any atom is -0.329 e. The third-order valence-electron chi connectivity index (χ3n) is 0.735. The van der Waals surface area contributed by atoms with Crippen molar-refractivity contribution < 1.29 is 4.79 Å². The van der Waals surface area contributed by atoms with Gasteiger partial charge in [0.1, 0.15) is 0 Å². The molecule has 0 aliphatic carbocycles. The number of halogens is 1. The summed E-state index contributed by atoms with van der Waals surface area (Å²) in [5, 5.41) is 0. The molecule has 3 nitrogen and oxygen atoms in total. The fourth-order valence-electron chi connectivity index (χ4n) is 0.221. The van der Waals surface area contributed by atoms with Gasteiger partial charge in [0.05, 0.1) is 0 Å². The zero-order valence-electron chi connectivity index (χ0n) is 6.09.